The number of ether oxygens (including phenoxy) is 2. The maximum atomic E-state index is 6.37. The summed E-state index contributed by atoms with van der Waals surface area (Å²) in [5, 5.41) is 0. The molecule has 1 unspecified atom stereocenters. The molecule has 0 bridgehead atoms. The summed E-state index contributed by atoms with van der Waals surface area (Å²) < 4.78 is 10.7. The van der Waals surface area contributed by atoms with Gasteiger partial charge in [-0.05, 0) is 30.2 Å². The number of hydrogen-bond acceptors (Lipinski definition) is 4. The van der Waals surface area contributed by atoms with Crippen LogP contribution in [0.5, 0.6) is 5.75 Å². The van der Waals surface area contributed by atoms with E-state index in [1.165, 1.54) is 0 Å². The van der Waals surface area contributed by atoms with Gasteiger partial charge >= 0.3 is 0 Å². The summed E-state index contributed by atoms with van der Waals surface area (Å²) in [6, 6.07) is 9.53. The number of pyridine rings is 1. The summed E-state index contributed by atoms with van der Waals surface area (Å²) in [6.07, 6.45) is 3.58. The van der Waals surface area contributed by atoms with Gasteiger partial charge in [-0.1, -0.05) is 18.2 Å². The third-order valence-corrected chi connectivity index (χ3v) is 3.21. The van der Waals surface area contributed by atoms with Gasteiger partial charge < -0.3 is 15.2 Å². The minimum atomic E-state index is -0.248. The topological polar surface area (TPSA) is 57.4 Å². The number of nitrogens with two attached hydrogens (primary N) is 1. The van der Waals surface area contributed by atoms with Crippen LogP contribution >= 0.6 is 0 Å². The van der Waals surface area contributed by atoms with Crippen molar-refractivity contribution in [2.75, 3.05) is 20.3 Å². The number of nitrogens with zero attached hydrogens (tertiary/aromatic N) is 1. The standard InChI is InChI=1S/C16H20N2O2/c1-12-7-8-18-11-14(12)16(17)13-5-3-4-6-15(13)20-10-9-19-2/h3-8,11,16H,9-10,17H2,1-2H3. The van der Waals surface area contributed by atoms with E-state index in [0.29, 0.717) is 13.2 Å². The molecule has 1 heterocycles. The molecule has 0 spiro atoms. The molecular weight excluding hydrogens is 252 g/mol. The molecule has 20 heavy (non-hydrogen) atoms. The lowest BCUT2D eigenvalue weighted by Crippen LogP contribution is -2.16. The first-order valence-corrected chi connectivity index (χ1v) is 6.60. The molecule has 1 aromatic carbocycles. The van der Waals surface area contributed by atoms with Crippen LogP contribution in [0.25, 0.3) is 0 Å². The van der Waals surface area contributed by atoms with Crippen molar-refractivity contribution in [3.63, 3.8) is 0 Å². The van der Waals surface area contributed by atoms with Crippen molar-refractivity contribution in [1.29, 1.82) is 0 Å². The molecule has 106 valence electrons. The third kappa shape index (κ3) is 3.35. The molecule has 0 fully saturated rings. The lowest BCUT2D eigenvalue weighted by atomic mass is 9.97. The predicted octanol–water partition coefficient (Wildman–Crippen LogP) is 2.46. The van der Waals surface area contributed by atoms with Gasteiger partial charge in [-0.25, -0.2) is 0 Å². The molecule has 0 saturated heterocycles. The first-order valence-electron chi connectivity index (χ1n) is 6.60. The van der Waals surface area contributed by atoms with Gasteiger partial charge in [-0.2, -0.15) is 0 Å². The Labute approximate surface area is 119 Å². The van der Waals surface area contributed by atoms with Gasteiger partial charge in [0.2, 0.25) is 0 Å². The van der Waals surface area contributed by atoms with Crippen molar-refractivity contribution < 1.29 is 9.47 Å². The Balaban J connectivity index is 2.25. The van der Waals surface area contributed by atoms with Gasteiger partial charge in [-0.15, -0.1) is 0 Å². The third-order valence-electron chi connectivity index (χ3n) is 3.21. The molecular formula is C16H20N2O2. The van der Waals surface area contributed by atoms with E-state index >= 15 is 0 Å². The molecule has 2 N–H and O–H groups in total. The van der Waals surface area contributed by atoms with Gasteiger partial charge in [0.05, 0.1) is 12.6 Å². The highest BCUT2D eigenvalue weighted by Gasteiger charge is 2.15. The van der Waals surface area contributed by atoms with E-state index in [0.717, 1.165) is 22.4 Å². The van der Waals surface area contributed by atoms with Crippen molar-refractivity contribution >= 4 is 0 Å². The average Bonchev–Trinajstić information content (AvgIpc) is 2.48. The lowest BCUT2D eigenvalue weighted by Gasteiger charge is -2.18. The summed E-state index contributed by atoms with van der Waals surface area (Å²) in [5.74, 6) is 0.792. The van der Waals surface area contributed by atoms with Crippen molar-refractivity contribution in [3.05, 3.63) is 59.4 Å². The second kappa shape index (κ2) is 7.03. The second-order valence-electron chi connectivity index (χ2n) is 4.59. The number of para-hydroxylation sites is 1. The number of methoxy groups -OCH3 is 1. The Bertz CT molecular complexity index is 558. The van der Waals surface area contributed by atoms with Crippen LogP contribution in [0.15, 0.2) is 42.7 Å². The van der Waals surface area contributed by atoms with Crippen molar-refractivity contribution in [2.24, 2.45) is 5.73 Å². The van der Waals surface area contributed by atoms with Crippen LogP contribution < -0.4 is 10.5 Å². The fourth-order valence-electron chi connectivity index (χ4n) is 2.07. The highest BCUT2D eigenvalue weighted by Crippen LogP contribution is 2.29. The first kappa shape index (κ1) is 14.5. The predicted molar refractivity (Wildman–Crippen MR) is 78.8 cm³/mol. The maximum absolute atomic E-state index is 6.37. The lowest BCUT2D eigenvalue weighted by molar-refractivity contribution is 0.145. The number of aromatic nitrogens is 1. The molecule has 0 aliphatic carbocycles. The Morgan fingerprint density at radius 2 is 1.95 bits per heavy atom. The van der Waals surface area contributed by atoms with E-state index in [1.807, 2.05) is 43.5 Å². The smallest absolute Gasteiger partial charge is 0.124 e. The Hall–Kier alpha value is -1.91. The summed E-state index contributed by atoms with van der Waals surface area (Å²) >= 11 is 0. The molecule has 1 aromatic heterocycles. The maximum Gasteiger partial charge on any atom is 0.124 e. The van der Waals surface area contributed by atoms with Crippen LogP contribution in [-0.2, 0) is 4.74 Å². The summed E-state index contributed by atoms with van der Waals surface area (Å²) in [4.78, 5) is 4.16. The molecule has 1 atom stereocenters. The van der Waals surface area contributed by atoms with E-state index < -0.39 is 0 Å². The zero-order valence-electron chi connectivity index (χ0n) is 11.9. The minimum absolute atomic E-state index is 0.248. The molecule has 0 radical (unpaired) electrons. The molecule has 4 heteroatoms. The first-order chi connectivity index (χ1) is 9.74. The number of hydrogen-bond donors (Lipinski definition) is 1. The van der Waals surface area contributed by atoms with Gasteiger partial charge in [-0.3, -0.25) is 4.98 Å². The fraction of sp³-hybridized carbons (Fsp3) is 0.312. The number of rotatable bonds is 6. The SMILES string of the molecule is COCCOc1ccccc1C(N)c1cnccc1C. The van der Waals surface area contributed by atoms with E-state index in [9.17, 15) is 0 Å². The molecule has 2 rings (SSSR count). The number of aryl methyl sites for hydroxylation is 1. The van der Waals surface area contributed by atoms with Crippen molar-refractivity contribution in [2.45, 2.75) is 13.0 Å². The van der Waals surface area contributed by atoms with Crippen LogP contribution in [-0.4, -0.2) is 25.3 Å². The monoisotopic (exact) mass is 272 g/mol. The van der Waals surface area contributed by atoms with Crippen molar-refractivity contribution in [1.82, 2.24) is 4.98 Å². The fourth-order valence-corrected chi connectivity index (χ4v) is 2.07. The zero-order chi connectivity index (χ0) is 14.4. The number of benzene rings is 1. The Morgan fingerprint density at radius 3 is 2.70 bits per heavy atom. The summed E-state index contributed by atoms with van der Waals surface area (Å²) in [7, 11) is 1.65. The van der Waals surface area contributed by atoms with Gasteiger partial charge in [0.15, 0.2) is 0 Å². The van der Waals surface area contributed by atoms with Crippen LogP contribution in [0.2, 0.25) is 0 Å². The van der Waals surface area contributed by atoms with E-state index in [1.54, 1.807) is 13.3 Å². The highest BCUT2D eigenvalue weighted by atomic mass is 16.5. The van der Waals surface area contributed by atoms with Gasteiger partial charge in [0.25, 0.3) is 0 Å². The normalized spacial score (nSPS) is 12.2. The van der Waals surface area contributed by atoms with Gasteiger partial charge in [0.1, 0.15) is 12.4 Å². The largest absolute Gasteiger partial charge is 0.491 e. The van der Waals surface area contributed by atoms with Crippen LogP contribution in [0.1, 0.15) is 22.7 Å². The quantitative estimate of drug-likeness (QED) is 0.821. The minimum Gasteiger partial charge on any atom is -0.491 e. The van der Waals surface area contributed by atoms with Gasteiger partial charge in [0, 0.05) is 25.1 Å². The van der Waals surface area contributed by atoms with Crippen LogP contribution in [0.4, 0.5) is 0 Å². The van der Waals surface area contributed by atoms with E-state index in [-0.39, 0.29) is 6.04 Å². The Morgan fingerprint density at radius 1 is 1.15 bits per heavy atom. The summed E-state index contributed by atoms with van der Waals surface area (Å²) in [6.45, 7) is 3.09. The highest BCUT2D eigenvalue weighted by molar-refractivity contribution is 5.42. The Kier molecular flexibility index (Phi) is 5.09. The van der Waals surface area contributed by atoms with Crippen LogP contribution in [0.3, 0.4) is 0 Å². The molecule has 0 aliphatic heterocycles. The molecule has 0 amide bonds. The molecule has 4 nitrogen and oxygen atoms in total. The molecule has 0 saturated carbocycles. The van der Waals surface area contributed by atoms with Crippen molar-refractivity contribution in [3.8, 4) is 5.75 Å². The summed E-state index contributed by atoms with van der Waals surface area (Å²) in [5.41, 5.74) is 9.46. The molecule has 0 aliphatic rings. The second-order valence-corrected chi connectivity index (χ2v) is 4.59. The molecule has 2 aromatic rings. The van der Waals surface area contributed by atoms with E-state index in [2.05, 4.69) is 4.98 Å². The average molecular weight is 272 g/mol. The van der Waals surface area contributed by atoms with E-state index in [4.69, 9.17) is 15.2 Å². The zero-order valence-corrected chi connectivity index (χ0v) is 11.9. The van der Waals surface area contributed by atoms with Crippen LogP contribution in [0, 0.1) is 6.92 Å².